The summed E-state index contributed by atoms with van der Waals surface area (Å²) in [7, 11) is -4.05. The molecule has 0 bridgehead atoms. The second-order valence-electron chi connectivity index (χ2n) is 10.1. The Balaban J connectivity index is 1.30. The van der Waals surface area contributed by atoms with Crippen molar-refractivity contribution in [3.8, 4) is 0 Å². The molecule has 4 aromatic rings. The van der Waals surface area contributed by atoms with Crippen LogP contribution < -0.4 is 14.5 Å². The number of nitrogens with zero attached hydrogens (tertiary/aromatic N) is 4. The molecule has 0 spiro atoms. The molecule has 0 fully saturated rings. The summed E-state index contributed by atoms with van der Waals surface area (Å²) >= 11 is 11.8. The first-order valence-electron chi connectivity index (χ1n) is 14.9. The molecular formula is C34H37Cl2N5O4S. The van der Waals surface area contributed by atoms with Crippen LogP contribution in [-0.4, -0.2) is 62.4 Å². The summed E-state index contributed by atoms with van der Waals surface area (Å²) < 4.78 is 33.8. The highest BCUT2D eigenvalue weighted by Gasteiger charge is 2.27. The Morgan fingerprint density at radius 2 is 1.52 bits per heavy atom. The molecule has 0 saturated carbocycles. The third-order valence-electron chi connectivity index (χ3n) is 6.96. The topological polar surface area (TPSA) is 105 Å². The van der Waals surface area contributed by atoms with Crippen molar-refractivity contribution in [2.75, 3.05) is 52.5 Å². The second kappa shape index (κ2) is 18.1. The van der Waals surface area contributed by atoms with Gasteiger partial charge in [0.2, 0.25) is 5.95 Å². The van der Waals surface area contributed by atoms with Gasteiger partial charge in [-0.25, -0.2) is 22.7 Å². The van der Waals surface area contributed by atoms with E-state index in [9.17, 15) is 13.2 Å². The maximum Gasteiger partial charge on any atom is 0.305 e. The molecule has 0 radical (unpaired) electrons. The molecule has 0 saturated heterocycles. The van der Waals surface area contributed by atoms with E-state index >= 15 is 0 Å². The lowest BCUT2D eigenvalue weighted by atomic mass is 10.1. The van der Waals surface area contributed by atoms with Crippen LogP contribution >= 0.6 is 23.2 Å². The molecule has 4 rings (SSSR count). The van der Waals surface area contributed by atoms with Crippen molar-refractivity contribution in [1.29, 1.82) is 0 Å². The average Bonchev–Trinajstić information content (AvgIpc) is 3.08. The molecule has 1 N–H and O–H groups in total. The predicted molar refractivity (Wildman–Crippen MR) is 186 cm³/mol. The Morgan fingerprint density at radius 1 is 0.848 bits per heavy atom. The van der Waals surface area contributed by atoms with Gasteiger partial charge in [0.25, 0.3) is 10.0 Å². The number of sulfonamides is 1. The second-order valence-corrected chi connectivity index (χ2v) is 12.8. The summed E-state index contributed by atoms with van der Waals surface area (Å²) in [6.07, 6.45) is 8.12. The summed E-state index contributed by atoms with van der Waals surface area (Å²) in [5.74, 6) is 0.617. The number of aryl methyl sites for hydroxylation is 1. The number of hydrogen-bond acceptors (Lipinski definition) is 8. The van der Waals surface area contributed by atoms with Crippen LogP contribution in [0.2, 0.25) is 0 Å². The summed E-state index contributed by atoms with van der Waals surface area (Å²) in [5.41, 5.74) is 3.90. The van der Waals surface area contributed by atoms with E-state index in [1.54, 1.807) is 24.4 Å². The molecular weight excluding hydrogens is 645 g/mol. The lowest BCUT2D eigenvalue weighted by molar-refractivity contribution is -0.143. The molecule has 46 heavy (non-hydrogen) atoms. The fourth-order valence-electron chi connectivity index (χ4n) is 4.60. The third kappa shape index (κ3) is 10.5. The van der Waals surface area contributed by atoms with Crippen molar-refractivity contribution in [1.82, 2.24) is 9.97 Å². The number of ether oxygens (including phenoxy) is 1. The number of anilines is 3. The first-order chi connectivity index (χ1) is 22.4. The molecule has 242 valence electrons. The van der Waals surface area contributed by atoms with Gasteiger partial charge in [0, 0.05) is 61.2 Å². The average molecular weight is 683 g/mol. The van der Waals surface area contributed by atoms with E-state index in [-0.39, 0.29) is 30.4 Å². The smallest absolute Gasteiger partial charge is 0.305 e. The van der Waals surface area contributed by atoms with Gasteiger partial charge in [0.1, 0.15) is 6.61 Å². The van der Waals surface area contributed by atoms with Crippen LogP contribution in [0.3, 0.4) is 0 Å². The van der Waals surface area contributed by atoms with Crippen LogP contribution in [0, 0.1) is 0 Å². The SMILES string of the molecule is O=C(CCCc1ccc(N(CCCl)CCCl)cc1)OCCN(c1ncccn1)S(=O)(=O)c1ccc(N/C=C/c2ccccc2)cc1. The molecule has 0 amide bonds. The normalized spacial score (nSPS) is 11.3. The monoisotopic (exact) mass is 681 g/mol. The Kier molecular flexibility index (Phi) is 13.7. The van der Waals surface area contributed by atoms with E-state index in [2.05, 4.69) is 20.2 Å². The standard InChI is InChI=1S/C34H37Cl2N5O4S/c35-19-24-40(25-20-36)31-14-10-29(11-15-31)8-4-9-33(42)45-27-26-41(34-38-21-5-22-39-34)46(43,44)32-16-12-30(13-17-32)37-23-18-28-6-2-1-3-7-28/h1-3,5-7,10-18,21-23,37H,4,8-9,19-20,24-27H2/b23-18+. The van der Waals surface area contributed by atoms with Crippen LogP contribution in [0.1, 0.15) is 24.0 Å². The van der Waals surface area contributed by atoms with Gasteiger partial charge in [-0.3, -0.25) is 4.79 Å². The highest BCUT2D eigenvalue weighted by molar-refractivity contribution is 7.92. The Labute approximate surface area is 280 Å². The van der Waals surface area contributed by atoms with Crippen LogP contribution in [0.25, 0.3) is 6.08 Å². The molecule has 1 heterocycles. The Bertz CT molecular complexity index is 1620. The molecule has 0 aliphatic rings. The molecule has 0 aliphatic heterocycles. The molecule has 0 unspecified atom stereocenters. The summed E-state index contributed by atoms with van der Waals surface area (Å²) in [5, 5.41) is 3.14. The van der Waals surface area contributed by atoms with Gasteiger partial charge in [-0.15, -0.1) is 23.2 Å². The van der Waals surface area contributed by atoms with Crippen molar-refractivity contribution in [3.05, 3.63) is 115 Å². The molecule has 1 aromatic heterocycles. The van der Waals surface area contributed by atoms with E-state index in [0.29, 0.717) is 37.7 Å². The lowest BCUT2D eigenvalue weighted by Gasteiger charge is -2.23. The van der Waals surface area contributed by atoms with Crippen molar-refractivity contribution < 1.29 is 17.9 Å². The molecule has 12 heteroatoms. The first kappa shape index (κ1) is 34.7. The number of benzene rings is 3. The van der Waals surface area contributed by atoms with Gasteiger partial charge >= 0.3 is 5.97 Å². The van der Waals surface area contributed by atoms with Crippen molar-refractivity contribution in [2.24, 2.45) is 0 Å². The van der Waals surface area contributed by atoms with Gasteiger partial charge in [-0.2, -0.15) is 0 Å². The first-order valence-corrected chi connectivity index (χ1v) is 17.4. The van der Waals surface area contributed by atoms with Crippen molar-refractivity contribution in [2.45, 2.75) is 24.2 Å². The van der Waals surface area contributed by atoms with E-state index in [1.807, 2.05) is 60.7 Å². The van der Waals surface area contributed by atoms with Gasteiger partial charge < -0.3 is 15.0 Å². The van der Waals surface area contributed by atoms with E-state index < -0.39 is 16.0 Å². The molecule has 9 nitrogen and oxygen atoms in total. The Morgan fingerprint density at radius 3 is 2.17 bits per heavy atom. The predicted octanol–water partition coefficient (Wildman–Crippen LogP) is 6.60. The minimum absolute atomic E-state index is 0.00866. The van der Waals surface area contributed by atoms with Gasteiger partial charge in [0.15, 0.2) is 0 Å². The number of nitrogens with one attached hydrogen (secondary N) is 1. The zero-order valence-corrected chi connectivity index (χ0v) is 27.7. The van der Waals surface area contributed by atoms with Crippen LogP contribution in [0.15, 0.2) is 108 Å². The van der Waals surface area contributed by atoms with E-state index in [1.165, 1.54) is 24.5 Å². The fraction of sp³-hybridized carbons (Fsp3) is 0.265. The summed E-state index contributed by atoms with van der Waals surface area (Å²) in [6, 6.07) is 25.9. The largest absolute Gasteiger partial charge is 0.464 e. The number of halogens is 2. The number of carbonyl (C=O) groups excluding carboxylic acids is 1. The minimum Gasteiger partial charge on any atom is -0.464 e. The quantitative estimate of drug-likeness (QED) is 0.0925. The van der Waals surface area contributed by atoms with E-state index in [4.69, 9.17) is 27.9 Å². The zero-order valence-electron chi connectivity index (χ0n) is 25.3. The zero-order chi connectivity index (χ0) is 32.6. The van der Waals surface area contributed by atoms with Crippen LogP contribution in [-0.2, 0) is 26.0 Å². The number of aromatic nitrogens is 2. The number of carbonyl (C=O) groups is 1. The van der Waals surface area contributed by atoms with E-state index in [0.717, 1.165) is 26.8 Å². The maximum absolute atomic E-state index is 13.6. The Hall–Kier alpha value is -4.12. The fourth-order valence-corrected chi connectivity index (χ4v) is 6.36. The van der Waals surface area contributed by atoms with Gasteiger partial charge in [0.05, 0.1) is 11.4 Å². The molecule has 0 atom stereocenters. The summed E-state index contributed by atoms with van der Waals surface area (Å²) in [4.78, 5) is 23.0. The minimum atomic E-state index is -4.05. The van der Waals surface area contributed by atoms with Gasteiger partial charge in [-0.05, 0) is 72.5 Å². The third-order valence-corrected chi connectivity index (χ3v) is 9.09. The number of hydrogen-bond donors (Lipinski definition) is 1. The molecule has 0 aliphatic carbocycles. The van der Waals surface area contributed by atoms with Crippen LogP contribution in [0.5, 0.6) is 0 Å². The number of alkyl halides is 2. The number of rotatable bonds is 18. The summed E-state index contributed by atoms with van der Waals surface area (Å²) in [6.45, 7) is 1.14. The maximum atomic E-state index is 13.6. The van der Waals surface area contributed by atoms with Gasteiger partial charge in [-0.1, -0.05) is 42.5 Å². The number of esters is 1. The van der Waals surface area contributed by atoms with Crippen molar-refractivity contribution >= 4 is 62.6 Å². The van der Waals surface area contributed by atoms with Crippen LogP contribution in [0.4, 0.5) is 17.3 Å². The lowest BCUT2D eigenvalue weighted by Crippen LogP contribution is -2.35. The van der Waals surface area contributed by atoms with Crippen molar-refractivity contribution in [3.63, 3.8) is 0 Å². The molecule has 3 aromatic carbocycles. The highest BCUT2D eigenvalue weighted by Crippen LogP contribution is 2.22. The highest BCUT2D eigenvalue weighted by atomic mass is 35.5.